The van der Waals surface area contributed by atoms with Crippen molar-refractivity contribution >= 4 is 15.7 Å². The highest BCUT2D eigenvalue weighted by atomic mass is 32.2. The molecule has 120 valence electrons. The van der Waals surface area contributed by atoms with Gasteiger partial charge in [-0.25, -0.2) is 8.42 Å². The predicted molar refractivity (Wildman–Crippen MR) is 88.8 cm³/mol. The molecular formula is C16H28N2O2S. The number of sulfonamides is 1. The largest absolute Gasteiger partial charge is 0.398 e. The molecule has 0 aliphatic rings. The zero-order valence-corrected chi connectivity index (χ0v) is 14.8. The van der Waals surface area contributed by atoms with Gasteiger partial charge in [0.15, 0.2) is 0 Å². The van der Waals surface area contributed by atoms with E-state index in [0.717, 1.165) is 5.56 Å². The molecule has 0 bridgehead atoms. The van der Waals surface area contributed by atoms with Crippen LogP contribution < -0.4 is 5.73 Å². The Labute approximate surface area is 129 Å². The van der Waals surface area contributed by atoms with Crippen LogP contribution in [0.2, 0.25) is 0 Å². The van der Waals surface area contributed by atoms with E-state index in [4.69, 9.17) is 5.73 Å². The second-order valence-electron chi connectivity index (χ2n) is 6.59. The van der Waals surface area contributed by atoms with Crippen molar-refractivity contribution in [1.82, 2.24) is 4.31 Å². The highest BCUT2D eigenvalue weighted by molar-refractivity contribution is 7.89. The van der Waals surface area contributed by atoms with E-state index in [1.54, 1.807) is 17.3 Å². The smallest absolute Gasteiger partial charge is 0.243 e. The Bertz CT molecular complexity index is 583. The zero-order valence-electron chi connectivity index (χ0n) is 14.0. The minimum Gasteiger partial charge on any atom is -0.398 e. The molecule has 1 aromatic carbocycles. The molecule has 0 unspecified atom stereocenters. The van der Waals surface area contributed by atoms with Crippen molar-refractivity contribution in [3.63, 3.8) is 0 Å². The molecule has 1 aromatic rings. The van der Waals surface area contributed by atoms with Gasteiger partial charge in [0.2, 0.25) is 10.0 Å². The molecule has 4 nitrogen and oxygen atoms in total. The molecule has 0 heterocycles. The van der Waals surface area contributed by atoms with Gasteiger partial charge in [-0.15, -0.1) is 0 Å². The summed E-state index contributed by atoms with van der Waals surface area (Å²) < 4.78 is 27.6. The molecule has 0 aliphatic heterocycles. The minimum atomic E-state index is -3.51. The summed E-state index contributed by atoms with van der Waals surface area (Å²) in [4.78, 5) is 0.335. The van der Waals surface area contributed by atoms with E-state index in [0.29, 0.717) is 29.2 Å². The average Bonchev–Trinajstić information content (AvgIpc) is 2.31. The van der Waals surface area contributed by atoms with Gasteiger partial charge in [0.25, 0.3) is 0 Å². The SMILES string of the molecule is Cc1cc(N)c(C)c(S(=O)(=O)N(CC(C)C)CC(C)C)c1. The Balaban J connectivity index is 3.35. The molecule has 0 fully saturated rings. The summed E-state index contributed by atoms with van der Waals surface area (Å²) in [6.45, 7) is 12.8. The molecule has 0 spiro atoms. The number of aryl methyl sites for hydroxylation is 1. The third-order valence-electron chi connectivity index (χ3n) is 3.30. The van der Waals surface area contributed by atoms with E-state index in [-0.39, 0.29) is 11.8 Å². The molecule has 0 saturated carbocycles. The minimum absolute atomic E-state index is 0.279. The lowest BCUT2D eigenvalue weighted by Crippen LogP contribution is -2.37. The van der Waals surface area contributed by atoms with Gasteiger partial charge in [0.1, 0.15) is 0 Å². The van der Waals surface area contributed by atoms with Crippen LogP contribution in [0.4, 0.5) is 5.69 Å². The fourth-order valence-corrected chi connectivity index (χ4v) is 4.45. The van der Waals surface area contributed by atoms with E-state index in [2.05, 4.69) is 0 Å². The molecule has 0 atom stereocenters. The van der Waals surface area contributed by atoms with E-state index in [1.165, 1.54) is 0 Å². The molecule has 0 radical (unpaired) electrons. The van der Waals surface area contributed by atoms with Gasteiger partial charge in [0.05, 0.1) is 4.90 Å². The van der Waals surface area contributed by atoms with Crippen LogP contribution in [-0.2, 0) is 10.0 Å². The van der Waals surface area contributed by atoms with Crippen molar-refractivity contribution in [3.05, 3.63) is 23.3 Å². The summed E-state index contributed by atoms with van der Waals surface area (Å²) in [6, 6.07) is 3.53. The zero-order chi connectivity index (χ0) is 16.4. The number of benzene rings is 1. The fourth-order valence-electron chi connectivity index (χ4n) is 2.34. The van der Waals surface area contributed by atoms with Crippen molar-refractivity contribution in [2.45, 2.75) is 46.4 Å². The van der Waals surface area contributed by atoms with Crippen LogP contribution in [0.1, 0.15) is 38.8 Å². The summed E-state index contributed by atoms with van der Waals surface area (Å²) in [5.74, 6) is 0.557. The fraction of sp³-hybridized carbons (Fsp3) is 0.625. The van der Waals surface area contributed by atoms with Gasteiger partial charge < -0.3 is 5.73 Å². The average molecular weight is 312 g/mol. The lowest BCUT2D eigenvalue weighted by Gasteiger charge is -2.26. The lowest BCUT2D eigenvalue weighted by atomic mass is 10.1. The number of anilines is 1. The number of hydrogen-bond acceptors (Lipinski definition) is 3. The van der Waals surface area contributed by atoms with Gasteiger partial charge in [-0.2, -0.15) is 4.31 Å². The van der Waals surface area contributed by atoms with Crippen LogP contribution in [0.15, 0.2) is 17.0 Å². The number of hydrogen-bond donors (Lipinski definition) is 1. The third kappa shape index (κ3) is 4.45. The highest BCUT2D eigenvalue weighted by Gasteiger charge is 2.28. The normalized spacial score (nSPS) is 12.6. The van der Waals surface area contributed by atoms with Crippen molar-refractivity contribution in [2.24, 2.45) is 11.8 Å². The van der Waals surface area contributed by atoms with E-state index >= 15 is 0 Å². The Morgan fingerprint density at radius 2 is 1.52 bits per heavy atom. The summed E-state index contributed by atoms with van der Waals surface area (Å²) >= 11 is 0. The maximum Gasteiger partial charge on any atom is 0.243 e. The molecule has 0 saturated heterocycles. The molecule has 0 amide bonds. The van der Waals surface area contributed by atoms with Crippen LogP contribution in [0.3, 0.4) is 0 Å². The van der Waals surface area contributed by atoms with E-state index < -0.39 is 10.0 Å². The predicted octanol–water partition coefficient (Wildman–Crippen LogP) is 3.19. The Morgan fingerprint density at radius 1 is 1.05 bits per heavy atom. The topological polar surface area (TPSA) is 63.4 Å². The quantitative estimate of drug-likeness (QED) is 0.821. The number of nitrogens with two attached hydrogens (primary N) is 1. The van der Waals surface area contributed by atoms with Gasteiger partial charge in [-0.1, -0.05) is 27.7 Å². The summed E-state index contributed by atoms with van der Waals surface area (Å²) in [6.07, 6.45) is 0. The van der Waals surface area contributed by atoms with Crippen LogP contribution in [0.25, 0.3) is 0 Å². The number of nitrogens with zero attached hydrogens (tertiary/aromatic N) is 1. The molecule has 1 rings (SSSR count). The van der Waals surface area contributed by atoms with Crippen molar-refractivity contribution in [1.29, 1.82) is 0 Å². The first kappa shape index (κ1) is 18.0. The van der Waals surface area contributed by atoms with Gasteiger partial charge >= 0.3 is 0 Å². The molecular weight excluding hydrogens is 284 g/mol. The van der Waals surface area contributed by atoms with Crippen molar-refractivity contribution in [2.75, 3.05) is 18.8 Å². The molecule has 2 N–H and O–H groups in total. The van der Waals surface area contributed by atoms with E-state index in [9.17, 15) is 8.42 Å². The Hall–Kier alpha value is -1.07. The maximum absolute atomic E-state index is 13.0. The van der Waals surface area contributed by atoms with Crippen LogP contribution in [0, 0.1) is 25.7 Å². The molecule has 5 heteroatoms. The first-order valence-electron chi connectivity index (χ1n) is 7.42. The Kier molecular flexibility index (Phi) is 5.82. The maximum atomic E-state index is 13.0. The van der Waals surface area contributed by atoms with Gasteiger partial charge in [-0.3, -0.25) is 0 Å². The summed E-state index contributed by atoms with van der Waals surface area (Å²) in [5, 5.41) is 0. The van der Waals surface area contributed by atoms with Crippen LogP contribution >= 0.6 is 0 Å². The highest BCUT2D eigenvalue weighted by Crippen LogP contribution is 2.27. The third-order valence-corrected chi connectivity index (χ3v) is 5.26. The summed E-state index contributed by atoms with van der Waals surface area (Å²) in [7, 11) is -3.51. The first-order valence-corrected chi connectivity index (χ1v) is 8.86. The van der Waals surface area contributed by atoms with Crippen molar-refractivity contribution in [3.8, 4) is 0 Å². The second kappa shape index (κ2) is 6.79. The molecule has 0 aromatic heterocycles. The van der Waals surface area contributed by atoms with E-state index in [1.807, 2.05) is 40.7 Å². The van der Waals surface area contributed by atoms with Crippen LogP contribution in [0.5, 0.6) is 0 Å². The second-order valence-corrected chi connectivity index (χ2v) is 8.49. The van der Waals surface area contributed by atoms with Crippen LogP contribution in [-0.4, -0.2) is 25.8 Å². The summed E-state index contributed by atoms with van der Waals surface area (Å²) in [5.41, 5.74) is 7.97. The van der Waals surface area contributed by atoms with Crippen molar-refractivity contribution < 1.29 is 8.42 Å². The number of nitrogen functional groups attached to an aromatic ring is 1. The molecule has 21 heavy (non-hydrogen) atoms. The standard InChI is InChI=1S/C16H28N2O2S/c1-11(2)9-18(10-12(3)4)21(19,20)16-8-13(5)7-15(17)14(16)6/h7-8,11-12H,9-10,17H2,1-6H3. The monoisotopic (exact) mass is 312 g/mol. The van der Waals surface area contributed by atoms with Gasteiger partial charge in [0, 0.05) is 18.8 Å². The first-order chi connectivity index (χ1) is 9.55. The Morgan fingerprint density at radius 3 is 1.95 bits per heavy atom. The lowest BCUT2D eigenvalue weighted by molar-refractivity contribution is 0.333. The van der Waals surface area contributed by atoms with Gasteiger partial charge in [-0.05, 0) is 48.9 Å². The number of rotatable bonds is 6. The molecule has 0 aliphatic carbocycles.